The average Bonchev–Trinajstić information content (AvgIpc) is 2.59. The molecule has 0 aliphatic heterocycles. The van der Waals surface area contributed by atoms with E-state index in [0.717, 1.165) is 5.56 Å². The third kappa shape index (κ3) is 5.47. The van der Waals surface area contributed by atoms with Crippen molar-refractivity contribution < 1.29 is 14.3 Å². The van der Waals surface area contributed by atoms with Gasteiger partial charge in [-0.05, 0) is 42.8 Å². The molecule has 0 radical (unpaired) electrons. The lowest BCUT2D eigenvalue weighted by atomic mass is 10.2. The van der Waals surface area contributed by atoms with Gasteiger partial charge in [-0.2, -0.15) is 0 Å². The summed E-state index contributed by atoms with van der Waals surface area (Å²) in [7, 11) is 1.60. The van der Waals surface area contributed by atoms with Gasteiger partial charge in [0, 0.05) is 18.5 Å². The molecule has 0 fully saturated rings. The topological polar surface area (TPSA) is 60.5 Å². The molecule has 23 heavy (non-hydrogen) atoms. The zero-order valence-corrected chi connectivity index (χ0v) is 13.2. The first-order valence-electron chi connectivity index (χ1n) is 7.34. The number of benzene rings is 1. The van der Waals surface area contributed by atoms with Gasteiger partial charge in [0.25, 0.3) is 0 Å². The maximum absolute atomic E-state index is 11.8. The number of amides is 1. The number of ether oxygens (including phenoxy) is 2. The van der Waals surface area contributed by atoms with Crippen LogP contribution < -0.4 is 14.8 Å². The van der Waals surface area contributed by atoms with Crippen molar-refractivity contribution in [2.24, 2.45) is 0 Å². The normalized spacial score (nSPS) is 11.9. The van der Waals surface area contributed by atoms with Gasteiger partial charge < -0.3 is 14.8 Å². The zero-order valence-electron chi connectivity index (χ0n) is 13.2. The van der Waals surface area contributed by atoms with E-state index in [0.29, 0.717) is 18.0 Å². The smallest absolute Gasteiger partial charge is 0.244 e. The summed E-state index contributed by atoms with van der Waals surface area (Å²) in [4.78, 5) is 15.7. The average molecular weight is 312 g/mol. The van der Waals surface area contributed by atoms with E-state index in [2.05, 4.69) is 10.3 Å². The van der Waals surface area contributed by atoms with Crippen LogP contribution in [0.15, 0.2) is 54.9 Å². The second-order valence-corrected chi connectivity index (χ2v) is 4.94. The van der Waals surface area contributed by atoms with Crippen LogP contribution in [0.4, 0.5) is 0 Å². The molecule has 0 saturated carbocycles. The summed E-state index contributed by atoms with van der Waals surface area (Å²) >= 11 is 0. The van der Waals surface area contributed by atoms with Crippen LogP contribution in [0, 0.1) is 0 Å². The van der Waals surface area contributed by atoms with Crippen molar-refractivity contribution in [3.05, 3.63) is 60.4 Å². The molecular weight excluding hydrogens is 292 g/mol. The van der Waals surface area contributed by atoms with Crippen molar-refractivity contribution in [2.75, 3.05) is 13.7 Å². The number of para-hydroxylation sites is 2. The first-order chi connectivity index (χ1) is 11.2. The Kier molecular flexibility index (Phi) is 6.17. The molecule has 2 rings (SSSR count). The number of nitrogens with one attached hydrogen (secondary N) is 1. The van der Waals surface area contributed by atoms with E-state index in [1.807, 2.05) is 43.3 Å². The van der Waals surface area contributed by atoms with E-state index in [4.69, 9.17) is 9.47 Å². The van der Waals surface area contributed by atoms with Crippen molar-refractivity contribution in [2.45, 2.75) is 13.0 Å². The summed E-state index contributed by atoms with van der Waals surface area (Å²) in [5, 5.41) is 2.80. The molecule has 1 aromatic heterocycles. The Morgan fingerprint density at radius 1 is 1.22 bits per heavy atom. The van der Waals surface area contributed by atoms with Crippen LogP contribution in [0.1, 0.15) is 12.5 Å². The highest BCUT2D eigenvalue weighted by Gasteiger charge is 2.09. The maximum Gasteiger partial charge on any atom is 0.244 e. The zero-order chi connectivity index (χ0) is 16.5. The summed E-state index contributed by atoms with van der Waals surface area (Å²) in [5.41, 5.74) is 0.925. The predicted molar refractivity (Wildman–Crippen MR) is 89.4 cm³/mol. The third-order valence-electron chi connectivity index (χ3n) is 3.09. The molecule has 1 aromatic carbocycles. The molecule has 120 valence electrons. The van der Waals surface area contributed by atoms with E-state index in [9.17, 15) is 4.79 Å². The number of hydrogen-bond acceptors (Lipinski definition) is 4. The molecule has 1 amide bonds. The first kappa shape index (κ1) is 16.5. The molecule has 0 aliphatic carbocycles. The fraction of sp³-hybridized carbons (Fsp3) is 0.222. The number of rotatable bonds is 7. The quantitative estimate of drug-likeness (QED) is 0.799. The van der Waals surface area contributed by atoms with Crippen LogP contribution in [0.2, 0.25) is 0 Å². The Bertz CT molecular complexity index is 656. The van der Waals surface area contributed by atoms with Crippen LogP contribution in [0.25, 0.3) is 6.08 Å². The number of methoxy groups -OCH3 is 1. The van der Waals surface area contributed by atoms with Crippen molar-refractivity contribution in [1.29, 1.82) is 0 Å². The standard InChI is InChI=1S/C18H20N2O3/c1-14(23-17-6-4-3-5-16(17)22-2)13-20-18(21)8-7-15-9-11-19-12-10-15/h3-12,14H,13H2,1-2H3,(H,20,21). The number of hydrogen-bond donors (Lipinski definition) is 1. The van der Waals surface area contributed by atoms with Gasteiger partial charge in [-0.15, -0.1) is 0 Å². The fourth-order valence-electron chi connectivity index (χ4n) is 1.92. The Morgan fingerprint density at radius 3 is 2.61 bits per heavy atom. The minimum atomic E-state index is -0.176. The molecule has 0 bridgehead atoms. The Hall–Kier alpha value is -2.82. The highest BCUT2D eigenvalue weighted by Crippen LogP contribution is 2.26. The highest BCUT2D eigenvalue weighted by atomic mass is 16.5. The molecule has 1 unspecified atom stereocenters. The first-order valence-corrected chi connectivity index (χ1v) is 7.34. The van der Waals surface area contributed by atoms with E-state index in [1.54, 1.807) is 25.6 Å². The lowest BCUT2D eigenvalue weighted by Gasteiger charge is -2.16. The molecule has 2 aromatic rings. The molecule has 0 spiro atoms. The minimum absolute atomic E-state index is 0.169. The summed E-state index contributed by atoms with van der Waals surface area (Å²) in [5.74, 6) is 1.16. The minimum Gasteiger partial charge on any atom is -0.493 e. The van der Waals surface area contributed by atoms with Crippen LogP contribution in [0.3, 0.4) is 0 Å². The summed E-state index contributed by atoms with van der Waals surface area (Å²) in [6.45, 7) is 2.29. The number of pyridine rings is 1. The van der Waals surface area contributed by atoms with Crippen LogP contribution in [-0.4, -0.2) is 30.6 Å². The largest absolute Gasteiger partial charge is 0.493 e. The molecule has 5 heteroatoms. The van der Waals surface area contributed by atoms with E-state index < -0.39 is 0 Å². The van der Waals surface area contributed by atoms with Crippen molar-refractivity contribution >= 4 is 12.0 Å². The van der Waals surface area contributed by atoms with Crippen LogP contribution >= 0.6 is 0 Å². The van der Waals surface area contributed by atoms with Crippen molar-refractivity contribution in [3.63, 3.8) is 0 Å². The Labute approximate surface area is 136 Å². The molecule has 1 N–H and O–H groups in total. The number of carbonyl (C=O) groups excluding carboxylic acids is 1. The van der Waals surface area contributed by atoms with Gasteiger partial charge in [0.2, 0.25) is 5.91 Å². The fourth-order valence-corrected chi connectivity index (χ4v) is 1.92. The number of aromatic nitrogens is 1. The van der Waals surface area contributed by atoms with Gasteiger partial charge in [-0.25, -0.2) is 0 Å². The number of nitrogens with zero attached hydrogens (tertiary/aromatic N) is 1. The molecule has 0 saturated heterocycles. The summed E-state index contributed by atoms with van der Waals surface area (Å²) in [6.07, 6.45) is 6.42. The Morgan fingerprint density at radius 2 is 1.91 bits per heavy atom. The highest BCUT2D eigenvalue weighted by molar-refractivity contribution is 5.91. The van der Waals surface area contributed by atoms with Gasteiger partial charge in [0.15, 0.2) is 11.5 Å². The number of carbonyl (C=O) groups is 1. The molecule has 1 atom stereocenters. The lowest BCUT2D eigenvalue weighted by Crippen LogP contribution is -2.32. The molecule has 0 aliphatic rings. The van der Waals surface area contributed by atoms with Gasteiger partial charge in [-0.1, -0.05) is 12.1 Å². The molecular formula is C18H20N2O3. The molecule has 1 heterocycles. The summed E-state index contributed by atoms with van der Waals surface area (Å²) < 4.78 is 11.0. The van der Waals surface area contributed by atoms with Gasteiger partial charge in [-0.3, -0.25) is 9.78 Å². The third-order valence-corrected chi connectivity index (χ3v) is 3.09. The predicted octanol–water partition coefficient (Wildman–Crippen LogP) is 2.69. The second kappa shape index (κ2) is 8.58. The van der Waals surface area contributed by atoms with E-state index in [1.165, 1.54) is 6.08 Å². The maximum atomic E-state index is 11.8. The van der Waals surface area contributed by atoms with Crippen LogP contribution in [-0.2, 0) is 4.79 Å². The van der Waals surface area contributed by atoms with Crippen molar-refractivity contribution in [1.82, 2.24) is 10.3 Å². The van der Waals surface area contributed by atoms with E-state index in [-0.39, 0.29) is 12.0 Å². The van der Waals surface area contributed by atoms with Crippen LogP contribution in [0.5, 0.6) is 11.5 Å². The van der Waals surface area contributed by atoms with Gasteiger partial charge in [0.1, 0.15) is 6.10 Å². The molecule has 5 nitrogen and oxygen atoms in total. The lowest BCUT2D eigenvalue weighted by molar-refractivity contribution is -0.116. The SMILES string of the molecule is COc1ccccc1OC(C)CNC(=O)C=Cc1ccncc1. The monoisotopic (exact) mass is 312 g/mol. The second-order valence-electron chi connectivity index (χ2n) is 4.94. The van der Waals surface area contributed by atoms with Gasteiger partial charge in [0.05, 0.1) is 13.7 Å². The summed E-state index contributed by atoms with van der Waals surface area (Å²) in [6, 6.07) is 11.1. The van der Waals surface area contributed by atoms with Crippen molar-refractivity contribution in [3.8, 4) is 11.5 Å². The Balaban J connectivity index is 1.81. The van der Waals surface area contributed by atoms with E-state index >= 15 is 0 Å². The van der Waals surface area contributed by atoms with Gasteiger partial charge >= 0.3 is 0 Å².